The van der Waals surface area contributed by atoms with Gasteiger partial charge in [-0.25, -0.2) is 0 Å². The molecule has 0 aliphatic carbocycles. The van der Waals surface area contributed by atoms with E-state index in [9.17, 15) is 20.0 Å². The largest absolute Gasteiger partial charge is 0.493 e. The Morgan fingerprint density at radius 1 is 1.24 bits per heavy atom. The Bertz CT molecular complexity index is 755. The smallest absolute Gasteiger partial charge is 0.311 e. The molecular formula is C19H21NO5. The molecule has 0 aromatic heterocycles. The zero-order chi connectivity index (χ0) is 18.4. The molecule has 132 valence electrons. The van der Waals surface area contributed by atoms with Gasteiger partial charge in [-0.15, -0.1) is 0 Å². The van der Waals surface area contributed by atoms with Crippen LogP contribution in [0.25, 0.3) is 0 Å². The van der Waals surface area contributed by atoms with E-state index in [-0.39, 0.29) is 12.1 Å². The number of nitro groups is 1. The molecule has 0 bridgehead atoms. The molecule has 1 atom stereocenters. The van der Waals surface area contributed by atoms with Crippen LogP contribution in [0, 0.1) is 17.0 Å². The van der Waals surface area contributed by atoms with E-state index in [2.05, 4.69) is 0 Å². The SMILES string of the molecule is CCCOc1ccc(C(Cc2ccc([N+](=O)[O-])cc2)C(=O)O)cc1C. The van der Waals surface area contributed by atoms with E-state index in [0.717, 1.165) is 23.3 Å². The van der Waals surface area contributed by atoms with Crippen molar-refractivity contribution in [3.8, 4) is 5.75 Å². The molecule has 1 N–H and O–H groups in total. The number of aryl methyl sites for hydroxylation is 1. The number of benzene rings is 2. The van der Waals surface area contributed by atoms with E-state index < -0.39 is 16.8 Å². The summed E-state index contributed by atoms with van der Waals surface area (Å²) in [6.45, 7) is 4.53. The first-order chi connectivity index (χ1) is 11.9. The van der Waals surface area contributed by atoms with E-state index in [1.807, 2.05) is 19.9 Å². The Balaban J connectivity index is 2.21. The predicted octanol–water partition coefficient (Wildman–Crippen LogP) is 4.10. The fraction of sp³-hybridized carbons (Fsp3) is 0.316. The average Bonchev–Trinajstić information content (AvgIpc) is 2.58. The number of carboxylic acid groups (broad SMARTS) is 1. The maximum atomic E-state index is 11.7. The van der Waals surface area contributed by atoms with Crippen LogP contribution < -0.4 is 4.74 Å². The second-order valence-corrected chi connectivity index (χ2v) is 5.89. The molecule has 0 spiro atoms. The van der Waals surface area contributed by atoms with Crippen LogP contribution in [0.4, 0.5) is 5.69 Å². The highest BCUT2D eigenvalue weighted by Crippen LogP contribution is 2.27. The zero-order valence-electron chi connectivity index (χ0n) is 14.3. The number of nitrogens with zero attached hydrogens (tertiary/aromatic N) is 1. The Hall–Kier alpha value is -2.89. The predicted molar refractivity (Wildman–Crippen MR) is 94.1 cm³/mol. The lowest BCUT2D eigenvalue weighted by Gasteiger charge is -2.15. The number of nitro benzene ring substituents is 1. The first kappa shape index (κ1) is 18.4. The lowest BCUT2D eigenvalue weighted by molar-refractivity contribution is -0.384. The third-order valence-corrected chi connectivity index (χ3v) is 3.95. The van der Waals surface area contributed by atoms with E-state index in [0.29, 0.717) is 12.2 Å². The second kappa shape index (κ2) is 8.28. The normalized spacial score (nSPS) is 11.8. The number of non-ortho nitro benzene ring substituents is 1. The molecule has 0 aliphatic rings. The average molecular weight is 343 g/mol. The molecule has 1 unspecified atom stereocenters. The number of carbonyl (C=O) groups is 1. The van der Waals surface area contributed by atoms with Crippen LogP contribution in [0.5, 0.6) is 5.75 Å². The first-order valence-electron chi connectivity index (χ1n) is 8.11. The minimum absolute atomic E-state index is 0.0103. The van der Waals surface area contributed by atoms with Crippen LogP contribution in [-0.4, -0.2) is 22.6 Å². The van der Waals surface area contributed by atoms with Gasteiger partial charge < -0.3 is 9.84 Å². The number of ether oxygens (including phenoxy) is 1. The summed E-state index contributed by atoms with van der Waals surface area (Å²) in [5.74, 6) is -0.898. The molecule has 0 radical (unpaired) electrons. The van der Waals surface area contributed by atoms with Gasteiger partial charge >= 0.3 is 5.97 Å². The highest BCUT2D eigenvalue weighted by Gasteiger charge is 2.21. The van der Waals surface area contributed by atoms with E-state index in [1.54, 1.807) is 24.3 Å². The molecule has 0 amide bonds. The summed E-state index contributed by atoms with van der Waals surface area (Å²) in [5, 5.41) is 20.3. The maximum absolute atomic E-state index is 11.7. The monoisotopic (exact) mass is 343 g/mol. The van der Waals surface area contributed by atoms with Crippen LogP contribution in [0.2, 0.25) is 0 Å². The van der Waals surface area contributed by atoms with Crippen molar-refractivity contribution in [2.75, 3.05) is 6.61 Å². The minimum Gasteiger partial charge on any atom is -0.493 e. The molecule has 25 heavy (non-hydrogen) atoms. The van der Waals surface area contributed by atoms with Crippen LogP contribution in [-0.2, 0) is 11.2 Å². The molecule has 0 aliphatic heterocycles. The van der Waals surface area contributed by atoms with Crippen molar-refractivity contribution in [2.24, 2.45) is 0 Å². The van der Waals surface area contributed by atoms with Gasteiger partial charge in [0, 0.05) is 12.1 Å². The lowest BCUT2D eigenvalue weighted by Crippen LogP contribution is -2.15. The Morgan fingerprint density at radius 3 is 2.44 bits per heavy atom. The molecule has 2 aromatic carbocycles. The van der Waals surface area contributed by atoms with Gasteiger partial charge in [0.15, 0.2) is 0 Å². The number of hydrogen-bond acceptors (Lipinski definition) is 4. The van der Waals surface area contributed by atoms with Crippen molar-refractivity contribution in [1.29, 1.82) is 0 Å². The summed E-state index contributed by atoms with van der Waals surface area (Å²) in [6.07, 6.45) is 1.17. The molecular weight excluding hydrogens is 322 g/mol. The van der Waals surface area contributed by atoms with Crippen molar-refractivity contribution in [3.05, 3.63) is 69.3 Å². The Kier molecular flexibility index (Phi) is 6.11. The summed E-state index contributed by atoms with van der Waals surface area (Å²) in [6, 6.07) is 11.4. The quantitative estimate of drug-likeness (QED) is 0.575. The van der Waals surface area contributed by atoms with Gasteiger partial charge in [0.05, 0.1) is 17.4 Å². The highest BCUT2D eigenvalue weighted by molar-refractivity contribution is 5.76. The summed E-state index contributed by atoms with van der Waals surface area (Å²) in [7, 11) is 0. The summed E-state index contributed by atoms with van der Waals surface area (Å²) in [4.78, 5) is 21.9. The molecule has 2 aromatic rings. The fourth-order valence-corrected chi connectivity index (χ4v) is 2.60. The third kappa shape index (κ3) is 4.79. The van der Waals surface area contributed by atoms with E-state index >= 15 is 0 Å². The molecule has 0 fully saturated rings. The number of aliphatic carboxylic acids is 1. The second-order valence-electron chi connectivity index (χ2n) is 5.89. The van der Waals surface area contributed by atoms with Crippen LogP contribution >= 0.6 is 0 Å². The molecule has 0 saturated carbocycles. The van der Waals surface area contributed by atoms with Crippen molar-refractivity contribution in [3.63, 3.8) is 0 Å². The molecule has 0 saturated heterocycles. The van der Waals surface area contributed by atoms with Gasteiger partial charge in [-0.05, 0) is 42.5 Å². The van der Waals surface area contributed by atoms with Crippen molar-refractivity contribution < 1.29 is 19.6 Å². The van der Waals surface area contributed by atoms with E-state index in [1.165, 1.54) is 12.1 Å². The van der Waals surface area contributed by atoms with Crippen molar-refractivity contribution in [2.45, 2.75) is 32.6 Å². The van der Waals surface area contributed by atoms with Gasteiger partial charge in [0.25, 0.3) is 5.69 Å². The van der Waals surface area contributed by atoms with Gasteiger partial charge in [-0.3, -0.25) is 14.9 Å². The van der Waals surface area contributed by atoms with Crippen LogP contribution in [0.3, 0.4) is 0 Å². The highest BCUT2D eigenvalue weighted by atomic mass is 16.6. The minimum atomic E-state index is -0.931. The van der Waals surface area contributed by atoms with Crippen molar-refractivity contribution >= 4 is 11.7 Å². The van der Waals surface area contributed by atoms with Gasteiger partial charge in [-0.2, -0.15) is 0 Å². The molecule has 2 rings (SSSR count). The number of hydrogen-bond donors (Lipinski definition) is 1. The molecule has 0 heterocycles. The number of rotatable bonds is 8. The van der Waals surface area contributed by atoms with Gasteiger partial charge in [-0.1, -0.05) is 31.2 Å². The van der Waals surface area contributed by atoms with Gasteiger partial charge in [0.1, 0.15) is 5.75 Å². The topological polar surface area (TPSA) is 89.7 Å². The Morgan fingerprint density at radius 2 is 1.92 bits per heavy atom. The fourth-order valence-electron chi connectivity index (χ4n) is 2.60. The molecule has 6 heteroatoms. The summed E-state index contributed by atoms with van der Waals surface area (Å²) < 4.78 is 5.62. The number of carboxylic acids is 1. The van der Waals surface area contributed by atoms with E-state index in [4.69, 9.17) is 4.74 Å². The standard InChI is InChI=1S/C19H21NO5/c1-3-10-25-18-9-6-15(11-13(18)2)17(19(21)22)12-14-4-7-16(8-5-14)20(23)24/h4-9,11,17H,3,10,12H2,1-2H3,(H,21,22). The van der Waals surface area contributed by atoms with Gasteiger partial charge in [0.2, 0.25) is 0 Å². The maximum Gasteiger partial charge on any atom is 0.311 e. The summed E-state index contributed by atoms with van der Waals surface area (Å²) >= 11 is 0. The third-order valence-electron chi connectivity index (χ3n) is 3.95. The first-order valence-corrected chi connectivity index (χ1v) is 8.11. The summed E-state index contributed by atoms with van der Waals surface area (Å²) in [5.41, 5.74) is 2.30. The van der Waals surface area contributed by atoms with Crippen LogP contribution in [0.15, 0.2) is 42.5 Å². The lowest BCUT2D eigenvalue weighted by atomic mass is 9.91. The molecule has 6 nitrogen and oxygen atoms in total. The van der Waals surface area contributed by atoms with Crippen molar-refractivity contribution in [1.82, 2.24) is 0 Å². The zero-order valence-corrected chi connectivity index (χ0v) is 14.3. The van der Waals surface area contributed by atoms with Crippen LogP contribution in [0.1, 0.15) is 36.0 Å². The Labute approximate surface area is 146 Å².